The highest BCUT2D eigenvalue weighted by molar-refractivity contribution is 5.76. The Morgan fingerprint density at radius 3 is 2.84 bits per heavy atom. The Morgan fingerprint density at radius 2 is 2.11 bits per heavy atom. The number of aryl methyl sites for hydroxylation is 1. The summed E-state index contributed by atoms with van der Waals surface area (Å²) in [5, 5.41) is 13.0. The van der Waals surface area contributed by atoms with Crippen molar-refractivity contribution >= 4 is 11.0 Å². The van der Waals surface area contributed by atoms with Crippen LogP contribution >= 0.6 is 0 Å². The maximum atomic E-state index is 8.91. The van der Waals surface area contributed by atoms with Crippen LogP contribution in [0.5, 0.6) is 0 Å². The van der Waals surface area contributed by atoms with Gasteiger partial charge < -0.3 is 4.57 Å². The van der Waals surface area contributed by atoms with Crippen molar-refractivity contribution in [2.45, 2.75) is 13.0 Å². The van der Waals surface area contributed by atoms with E-state index in [9.17, 15) is 0 Å². The van der Waals surface area contributed by atoms with E-state index in [0.29, 0.717) is 6.54 Å². The third-order valence-electron chi connectivity index (χ3n) is 3.08. The SMILES string of the molecule is Cn1ncnc1Cn1c(CC#N)nc2ccccc21. The molecule has 6 nitrogen and oxygen atoms in total. The highest BCUT2D eigenvalue weighted by Gasteiger charge is 2.12. The predicted octanol–water partition coefficient (Wildman–Crippen LogP) is 1.28. The van der Waals surface area contributed by atoms with Gasteiger partial charge >= 0.3 is 0 Å². The van der Waals surface area contributed by atoms with Crippen molar-refractivity contribution in [2.75, 3.05) is 0 Å². The molecule has 0 radical (unpaired) electrons. The Bertz CT molecular complexity index is 761. The van der Waals surface area contributed by atoms with Gasteiger partial charge in [0.1, 0.15) is 18.0 Å². The summed E-state index contributed by atoms with van der Waals surface area (Å²) in [5.74, 6) is 1.59. The molecule has 1 aromatic carbocycles. The minimum absolute atomic E-state index is 0.284. The number of benzene rings is 1. The second-order valence-electron chi connectivity index (χ2n) is 4.24. The van der Waals surface area contributed by atoms with Crippen LogP contribution < -0.4 is 0 Å². The summed E-state index contributed by atoms with van der Waals surface area (Å²) in [4.78, 5) is 8.71. The highest BCUT2D eigenvalue weighted by Crippen LogP contribution is 2.17. The van der Waals surface area contributed by atoms with E-state index in [2.05, 4.69) is 21.1 Å². The molecule has 0 bridgehead atoms. The van der Waals surface area contributed by atoms with Gasteiger partial charge in [-0.25, -0.2) is 9.97 Å². The number of nitrogens with zero attached hydrogens (tertiary/aromatic N) is 6. The number of hydrogen-bond donors (Lipinski definition) is 0. The van der Waals surface area contributed by atoms with Gasteiger partial charge in [-0.15, -0.1) is 0 Å². The molecule has 3 aromatic rings. The third kappa shape index (κ3) is 1.95. The highest BCUT2D eigenvalue weighted by atomic mass is 15.3. The zero-order chi connectivity index (χ0) is 13.2. The Hall–Kier alpha value is -2.68. The maximum absolute atomic E-state index is 8.91. The summed E-state index contributed by atoms with van der Waals surface area (Å²) >= 11 is 0. The molecule has 3 rings (SSSR count). The van der Waals surface area contributed by atoms with E-state index >= 15 is 0 Å². The molecule has 0 atom stereocenters. The minimum atomic E-state index is 0.284. The zero-order valence-corrected chi connectivity index (χ0v) is 10.5. The van der Waals surface area contributed by atoms with Crippen LogP contribution in [-0.4, -0.2) is 24.3 Å². The first-order valence-corrected chi connectivity index (χ1v) is 5.93. The fourth-order valence-corrected chi connectivity index (χ4v) is 2.11. The van der Waals surface area contributed by atoms with Gasteiger partial charge in [0.15, 0.2) is 0 Å². The summed E-state index contributed by atoms with van der Waals surface area (Å²) in [6, 6.07) is 10.0. The lowest BCUT2D eigenvalue weighted by atomic mass is 10.3. The Labute approximate surface area is 109 Å². The number of nitriles is 1. The van der Waals surface area contributed by atoms with Gasteiger partial charge in [-0.2, -0.15) is 10.4 Å². The molecule has 0 N–H and O–H groups in total. The van der Waals surface area contributed by atoms with Crippen molar-refractivity contribution in [3.8, 4) is 6.07 Å². The lowest BCUT2D eigenvalue weighted by Crippen LogP contribution is -2.09. The predicted molar refractivity (Wildman–Crippen MR) is 69.2 cm³/mol. The van der Waals surface area contributed by atoms with Crippen LogP contribution in [0.1, 0.15) is 11.6 Å². The van der Waals surface area contributed by atoms with E-state index in [1.165, 1.54) is 6.33 Å². The summed E-state index contributed by atoms with van der Waals surface area (Å²) in [6.45, 7) is 0.564. The van der Waals surface area contributed by atoms with Crippen molar-refractivity contribution in [3.63, 3.8) is 0 Å². The van der Waals surface area contributed by atoms with E-state index in [4.69, 9.17) is 5.26 Å². The zero-order valence-electron chi connectivity index (χ0n) is 10.5. The van der Waals surface area contributed by atoms with Crippen molar-refractivity contribution in [3.05, 3.63) is 42.2 Å². The van der Waals surface area contributed by atoms with Crippen LogP contribution in [0.3, 0.4) is 0 Å². The molecule has 0 saturated heterocycles. The summed E-state index contributed by atoms with van der Waals surface area (Å²) < 4.78 is 3.74. The average Bonchev–Trinajstić information content (AvgIpc) is 2.96. The van der Waals surface area contributed by atoms with E-state index in [-0.39, 0.29) is 6.42 Å². The number of rotatable bonds is 3. The second kappa shape index (κ2) is 4.53. The van der Waals surface area contributed by atoms with Crippen molar-refractivity contribution in [1.29, 1.82) is 5.26 Å². The van der Waals surface area contributed by atoms with Gasteiger partial charge in [-0.3, -0.25) is 4.68 Å². The van der Waals surface area contributed by atoms with Crippen LogP contribution in [-0.2, 0) is 20.0 Å². The molecule has 94 valence electrons. The van der Waals surface area contributed by atoms with Gasteiger partial charge in [0.25, 0.3) is 0 Å². The molecule has 0 aliphatic carbocycles. The summed E-state index contributed by atoms with van der Waals surface area (Å²) in [5.41, 5.74) is 1.91. The lowest BCUT2D eigenvalue weighted by molar-refractivity contribution is 0.648. The number of hydrogen-bond acceptors (Lipinski definition) is 4. The molecule has 6 heteroatoms. The molecule has 0 amide bonds. The molecule has 0 aliphatic rings. The summed E-state index contributed by atoms with van der Waals surface area (Å²) in [7, 11) is 1.85. The molecule has 0 spiro atoms. The van der Waals surface area contributed by atoms with Gasteiger partial charge in [-0.1, -0.05) is 12.1 Å². The number of imidazole rings is 1. The molecule has 0 aliphatic heterocycles. The molecule has 2 aromatic heterocycles. The van der Waals surface area contributed by atoms with Crippen molar-refractivity contribution in [1.82, 2.24) is 24.3 Å². The smallest absolute Gasteiger partial charge is 0.146 e. The van der Waals surface area contributed by atoms with Crippen LogP contribution in [0.25, 0.3) is 11.0 Å². The van der Waals surface area contributed by atoms with Crippen LogP contribution in [0.4, 0.5) is 0 Å². The second-order valence-corrected chi connectivity index (χ2v) is 4.24. The monoisotopic (exact) mass is 252 g/mol. The number of fused-ring (bicyclic) bond motifs is 1. The molecule has 0 unspecified atom stereocenters. The van der Waals surface area contributed by atoms with Crippen molar-refractivity contribution in [2.24, 2.45) is 7.05 Å². The lowest BCUT2D eigenvalue weighted by Gasteiger charge is -2.06. The minimum Gasteiger partial charge on any atom is -0.319 e. The van der Waals surface area contributed by atoms with E-state index in [1.807, 2.05) is 35.9 Å². The molecular weight excluding hydrogens is 240 g/mol. The van der Waals surface area contributed by atoms with Crippen LogP contribution in [0.2, 0.25) is 0 Å². The Kier molecular flexibility index (Phi) is 2.72. The van der Waals surface area contributed by atoms with Gasteiger partial charge in [0.2, 0.25) is 0 Å². The van der Waals surface area contributed by atoms with Crippen LogP contribution in [0.15, 0.2) is 30.6 Å². The maximum Gasteiger partial charge on any atom is 0.146 e. The first-order chi connectivity index (χ1) is 9.29. The third-order valence-corrected chi connectivity index (χ3v) is 3.08. The standard InChI is InChI=1S/C13H12N6/c1-18-13(15-9-16-18)8-19-11-5-3-2-4-10(11)17-12(19)6-7-14/h2-5,9H,6,8H2,1H3. The van der Waals surface area contributed by atoms with Crippen molar-refractivity contribution < 1.29 is 0 Å². The molecule has 19 heavy (non-hydrogen) atoms. The first-order valence-electron chi connectivity index (χ1n) is 5.93. The van der Waals surface area contributed by atoms with Gasteiger partial charge in [0.05, 0.1) is 30.1 Å². The van der Waals surface area contributed by atoms with E-state index < -0.39 is 0 Å². The fourth-order valence-electron chi connectivity index (χ4n) is 2.11. The summed E-state index contributed by atoms with van der Waals surface area (Å²) in [6.07, 6.45) is 1.81. The molecular formula is C13H12N6. The molecule has 0 fully saturated rings. The average molecular weight is 252 g/mol. The normalized spacial score (nSPS) is 10.7. The van der Waals surface area contributed by atoms with E-state index in [0.717, 1.165) is 22.7 Å². The van der Waals surface area contributed by atoms with Crippen LogP contribution in [0, 0.1) is 11.3 Å². The van der Waals surface area contributed by atoms with Gasteiger partial charge in [0, 0.05) is 7.05 Å². The topological polar surface area (TPSA) is 72.3 Å². The quantitative estimate of drug-likeness (QED) is 0.704. The van der Waals surface area contributed by atoms with E-state index in [1.54, 1.807) is 4.68 Å². The first kappa shape index (κ1) is 11.4. The number of para-hydroxylation sites is 2. The molecule has 2 heterocycles. The molecule has 0 saturated carbocycles. The Balaban J connectivity index is 2.12. The fraction of sp³-hybridized carbons (Fsp3) is 0.231. The Morgan fingerprint density at radius 1 is 1.26 bits per heavy atom. The largest absolute Gasteiger partial charge is 0.319 e. The van der Waals surface area contributed by atoms with Gasteiger partial charge in [-0.05, 0) is 12.1 Å². The number of aromatic nitrogens is 5.